The van der Waals surface area contributed by atoms with E-state index in [1.54, 1.807) is 24.7 Å². The third-order valence-corrected chi connectivity index (χ3v) is 2.92. The van der Waals surface area contributed by atoms with E-state index in [1.807, 2.05) is 11.5 Å². The highest BCUT2D eigenvalue weighted by molar-refractivity contribution is 5.93. The van der Waals surface area contributed by atoms with Crippen LogP contribution in [0.15, 0.2) is 24.7 Å². The Labute approximate surface area is 112 Å². The second-order valence-corrected chi connectivity index (χ2v) is 4.34. The molecule has 19 heavy (non-hydrogen) atoms. The number of nitrogen functional groups attached to an aromatic ring is 1. The molecule has 0 aliphatic heterocycles. The molecule has 102 valence electrons. The fraction of sp³-hybridized carbons (Fsp3) is 0.385. The molecule has 0 saturated heterocycles. The van der Waals surface area contributed by atoms with Crippen LogP contribution in [0.1, 0.15) is 29.7 Å². The summed E-state index contributed by atoms with van der Waals surface area (Å²) in [6, 6.07) is 1.70. The molecular formula is C13H19N5O. The number of carbonyl (C=O) groups excluding carboxylic acids is 1. The van der Waals surface area contributed by atoms with E-state index >= 15 is 0 Å². The van der Waals surface area contributed by atoms with Gasteiger partial charge in [0.1, 0.15) is 11.5 Å². The van der Waals surface area contributed by atoms with E-state index in [9.17, 15) is 4.79 Å². The van der Waals surface area contributed by atoms with Crippen LogP contribution in [-0.2, 0) is 13.0 Å². The first-order chi connectivity index (χ1) is 9.20. The van der Waals surface area contributed by atoms with Gasteiger partial charge in [0, 0.05) is 38.1 Å². The van der Waals surface area contributed by atoms with Gasteiger partial charge < -0.3 is 20.6 Å². The van der Waals surface area contributed by atoms with Crippen LogP contribution in [0.4, 0.5) is 5.69 Å². The number of amides is 1. The van der Waals surface area contributed by atoms with Crippen molar-refractivity contribution in [1.82, 2.24) is 19.9 Å². The molecule has 4 N–H and O–H groups in total. The molecule has 6 heteroatoms. The van der Waals surface area contributed by atoms with Crippen molar-refractivity contribution < 1.29 is 4.79 Å². The van der Waals surface area contributed by atoms with Crippen molar-refractivity contribution in [3.63, 3.8) is 0 Å². The summed E-state index contributed by atoms with van der Waals surface area (Å²) in [6.45, 7) is 3.33. The van der Waals surface area contributed by atoms with Crippen molar-refractivity contribution in [3.05, 3.63) is 36.2 Å². The van der Waals surface area contributed by atoms with Crippen molar-refractivity contribution in [2.75, 3.05) is 12.3 Å². The van der Waals surface area contributed by atoms with Crippen LogP contribution in [0.3, 0.4) is 0 Å². The molecule has 0 spiro atoms. The quantitative estimate of drug-likeness (QED) is 0.682. The molecule has 2 aromatic heterocycles. The Hall–Kier alpha value is -2.24. The van der Waals surface area contributed by atoms with E-state index in [-0.39, 0.29) is 5.91 Å². The summed E-state index contributed by atoms with van der Waals surface area (Å²) in [5.41, 5.74) is 6.92. The van der Waals surface area contributed by atoms with Crippen LogP contribution in [0.25, 0.3) is 0 Å². The normalized spacial score (nSPS) is 10.6. The molecule has 2 aromatic rings. The number of aromatic nitrogens is 3. The highest BCUT2D eigenvalue weighted by Gasteiger charge is 2.11. The maximum absolute atomic E-state index is 12.0. The Balaban J connectivity index is 1.80. The Morgan fingerprint density at radius 2 is 2.42 bits per heavy atom. The number of nitrogens with two attached hydrogens (primary N) is 1. The molecule has 0 radical (unpaired) electrons. The number of aromatic amines is 1. The maximum atomic E-state index is 12.0. The fourth-order valence-corrected chi connectivity index (χ4v) is 1.97. The molecule has 0 aliphatic carbocycles. The highest BCUT2D eigenvalue weighted by Crippen LogP contribution is 2.10. The minimum absolute atomic E-state index is 0.0852. The third kappa shape index (κ3) is 3.37. The summed E-state index contributed by atoms with van der Waals surface area (Å²) in [6.07, 6.45) is 6.97. The SMILES string of the molecule is CCn1cc(N)cc1C(=O)NCCCc1ncc[nH]1. The number of rotatable bonds is 6. The molecular weight excluding hydrogens is 242 g/mol. The largest absolute Gasteiger partial charge is 0.397 e. The fourth-order valence-electron chi connectivity index (χ4n) is 1.97. The van der Waals surface area contributed by atoms with E-state index in [0.29, 0.717) is 17.9 Å². The number of nitrogens with one attached hydrogen (secondary N) is 2. The highest BCUT2D eigenvalue weighted by atomic mass is 16.1. The van der Waals surface area contributed by atoms with Crippen LogP contribution >= 0.6 is 0 Å². The molecule has 2 heterocycles. The first kappa shape index (κ1) is 13.2. The van der Waals surface area contributed by atoms with E-state index in [4.69, 9.17) is 5.73 Å². The van der Waals surface area contributed by atoms with Crippen molar-refractivity contribution in [3.8, 4) is 0 Å². The van der Waals surface area contributed by atoms with E-state index in [2.05, 4.69) is 15.3 Å². The molecule has 0 unspecified atom stereocenters. The van der Waals surface area contributed by atoms with Crippen LogP contribution in [0.5, 0.6) is 0 Å². The van der Waals surface area contributed by atoms with Crippen LogP contribution < -0.4 is 11.1 Å². The summed E-state index contributed by atoms with van der Waals surface area (Å²) in [5, 5.41) is 2.89. The van der Waals surface area contributed by atoms with E-state index in [1.165, 1.54) is 0 Å². The molecule has 0 saturated carbocycles. The number of hydrogen-bond acceptors (Lipinski definition) is 3. The summed E-state index contributed by atoms with van der Waals surface area (Å²) < 4.78 is 1.84. The van der Waals surface area contributed by atoms with Crippen molar-refractivity contribution in [2.45, 2.75) is 26.3 Å². The lowest BCUT2D eigenvalue weighted by molar-refractivity contribution is 0.0944. The second kappa shape index (κ2) is 6.08. The summed E-state index contributed by atoms with van der Waals surface area (Å²) in [5.74, 6) is 0.855. The van der Waals surface area contributed by atoms with E-state index < -0.39 is 0 Å². The van der Waals surface area contributed by atoms with Crippen molar-refractivity contribution >= 4 is 11.6 Å². The summed E-state index contributed by atoms with van der Waals surface area (Å²) in [7, 11) is 0. The first-order valence-corrected chi connectivity index (χ1v) is 6.42. The molecule has 2 rings (SSSR count). The Morgan fingerprint density at radius 3 is 3.11 bits per heavy atom. The zero-order valence-corrected chi connectivity index (χ0v) is 11.0. The molecule has 1 amide bonds. The zero-order valence-electron chi connectivity index (χ0n) is 11.0. The summed E-state index contributed by atoms with van der Waals surface area (Å²) >= 11 is 0. The van der Waals surface area contributed by atoms with Gasteiger partial charge in [-0.2, -0.15) is 0 Å². The number of carbonyl (C=O) groups is 1. The average Bonchev–Trinajstić information content (AvgIpc) is 3.03. The van der Waals surface area contributed by atoms with Gasteiger partial charge in [-0.25, -0.2) is 4.98 Å². The van der Waals surface area contributed by atoms with Gasteiger partial charge in [-0.3, -0.25) is 4.79 Å². The molecule has 0 atom stereocenters. The van der Waals surface area contributed by atoms with Gasteiger partial charge in [0.05, 0.1) is 5.69 Å². The number of H-pyrrole nitrogens is 1. The Kier molecular flexibility index (Phi) is 4.22. The molecule has 0 aromatic carbocycles. The van der Waals surface area contributed by atoms with Crippen molar-refractivity contribution in [2.24, 2.45) is 0 Å². The van der Waals surface area contributed by atoms with E-state index in [0.717, 1.165) is 25.2 Å². The number of anilines is 1. The maximum Gasteiger partial charge on any atom is 0.267 e. The minimum Gasteiger partial charge on any atom is -0.397 e. The van der Waals surface area contributed by atoms with Gasteiger partial charge in [0.15, 0.2) is 0 Å². The van der Waals surface area contributed by atoms with Crippen LogP contribution in [-0.4, -0.2) is 27.0 Å². The number of aryl methyl sites for hydroxylation is 2. The van der Waals surface area contributed by atoms with Gasteiger partial charge in [0.25, 0.3) is 5.91 Å². The lowest BCUT2D eigenvalue weighted by atomic mass is 10.3. The molecule has 0 aliphatic rings. The lowest BCUT2D eigenvalue weighted by Crippen LogP contribution is -2.27. The van der Waals surface area contributed by atoms with Gasteiger partial charge >= 0.3 is 0 Å². The van der Waals surface area contributed by atoms with Gasteiger partial charge in [-0.05, 0) is 19.4 Å². The first-order valence-electron chi connectivity index (χ1n) is 6.42. The Bertz CT molecular complexity index is 529. The van der Waals surface area contributed by atoms with Gasteiger partial charge in [-0.15, -0.1) is 0 Å². The minimum atomic E-state index is -0.0852. The number of hydrogen-bond donors (Lipinski definition) is 3. The second-order valence-electron chi connectivity index (χ2n) is 4.34. The van der Waals surface area contributed by atoms with Gasteiger partial charge in [0.2, 0.25) is 0 Å². The molecule has 0 bridgehead atoms. The summed E-state index contributed by atoms with van der Waals surface area (Å²) in [4.78, 5) is 19.2. The van der Waals surface area contributed by atoms with Crippen molar-refractivity contribution in [1.29, 1.82) is 0 Å². The predicted octanol–water partition coefficient (Wildman–Crippen LogP) is 1.18. The van der Waals surface area contributed by atoms with Gasteiger partial charge in [-0.1, -0.05) is 0 Å². The standard InChI is InChI=1S/C13H19N5O/c1-2-18-9-10(14)8-11(18)13(19)17-5-3-4-12-15-6-7-16-12/h6-9H,2-5,14H2,1H3,(H,15,16)(H,17,19). The zero-order chi connectivity index (χ0) is 13.7. The molecule has 6 nitrogen and oxygen atoms in total. The van der Waals surface area contributed by atoms with Crippen LogP contribution in [0.2, 0.25) is 0 Å². The third-order valence-electron chi connectivity index (χ3n) is 2.92. The predicted molar refractivity (Wildman–Crippen MR) is 73.8 cm³/mol. The topological polar surface area (TPSA) is 88.7 Å². The number of nitrogens with zero attached hydrogens (tertiary/aromatic N) is 2. The lowest BCUT2D eigenvalue weighted by Gasteiger charge is -2.07. The monoisotopic (exact) mass is 261 g/mol. The average molecular weight is 261 g/mol. The number of imidazole rings is 1. The molecule has 0 fully saturated rings. The Morgan fingerprint density at radius 1 is 1.58 bits per heavy atom. The smallest absolute Gasteiger partial charge is 0.267 e. The van der Waals surface area contributed by atoms with Crippen LogP contribution in [0, 0.1) is 0 Å².